The Kier molecular flexibility index (Phi) is 2.02. The molecule has 0 spiro atoms. The molecule has 0 aromatic carbocycles. The number of hydrogen-bond donors (Lipinski definition) is 0. The van der Waals surface area contributed by atoms with Crippen molar-refractivity contribution in [3.05, 3.63) is 11.6 Å². The summed E-state index contributed by atoms with van der Waals surface area (Å²) in [6, 6.07) is 0. The molecule has 0 bridgehead atoms. The van der Waals surface area contributed by atoms with Crippen molar-refractivity contribution in [2.24, 2.45) is 11.3 Å². The van der Waals surface area contributed by atoms with Crippen LogP contribution in [0.5, 0.6) is 0 Å². The molecule has 2 unspecified atom stereocenters. The summed E-state index contributed by atoms with van der Waals surface area (Å²) in [5, 5.41) is 0. The zero-order valence-electron chi connectivity index (χ0n) is 8.40. The first-order chi connectivity index (χ1) is 5.77. The van der Waals surface area contributed by atoms with Crippen molar-refractivity contribution < 1.29 is 0 Å². The fourth-order valence-corrected chi connectivity index (χ4v) is 3.38. The molecule has 2 aliphatic rings. The van der Waals surface area contributed by atoms with Crippen LogP contribution in [-0.4, -0.2) is 0 Å². The van der Waals surface area contributed by atoms with Crippen molar-refractivity contribution in [1.82, 2.24) is 0 Å². The maximum absolute atomic E-state index is 2.50. The molecule has 2 saturated carbocycles. The van der Waals surface area contributed by atoms with Crippen LogP contribution in [0, 0.1) is 11.3 Å². The molecular formula is C12H20. The minimum Gasteiger partial charge on any atom is -0.0879 e. The van der Waals surface area contributed by atoms with E-state index in [2.05, 4.69) is 19.9 Å². The Morgan fingerprint density at radius 1 is 1.33 bits per heavy atom. The molecule has 2 fully saturated rings. The van der Waals surface area contributed by atoms with Gasteiger partial charge in [-0.2, -0.15) is 0 Å². The molecule has 68 valence electrons. The van der Waals surface area contributed by atoms with Crippen LogP contribution in [0.3, 0.4) is 0 Å². The quantitative estimate of drug-likeness (QED) is 0.476. The van der Waals surface area contributed by atoms with Crippen molar-refractivity contribution in [3.63, 3.8) is 0 Å². The normalized spacial score (nSPS) is 44.8. The Hall–Kier alpha value is -0.260. The van der Waals surface area contributed by atoms with Crippen molar-refractivity contribution in [2.45, 2.75) is 52.4 Å². The monoisotopic (exact) mass is 164 g/mol. The third-order valence-corrected chi connectivity index (χ3v) is 4.24. The van der Waals surface area contributed by atoms with E-state index in [1.807, 2.05) is 0 Å². The molecule has 0 heteroatoms. The predicted octanol–water partition coefficient (Wildman–Crippen LogP) is 3.92. The Morgan fingerprint density at radius 2 is 2.17 bits per heavy atom. The molecular weight excluding hydrogens is 144 g/mol. The van der Waals surface area contributed by atoms with E-state index in [1.54, 1.807) is 5.57 Å². The van der Waals surface area contributed by atoms with Crippen molar-refractivity contribution in [3.8, 4) is 0 Å². The maximum atomic E-state index is 2.50. The van der Waals surface area contributed by atoms with Crippen molar-refractivity contribution in [2.75, 3.05) is 0 Å². The van der Waals surface area contributed by atoms with E-state index < -0.39 is 0 Å². The highest BCUT2D eigenvalue weighted by Gasteiger charge is 2.42. The zero-order chi connectivity index (χ0) is 8.60. The molecule has 0 aliphatic heterocycles. The van der Waals surface area contributed by atoms with Crippen LogP contribution in [0.1, 0.15) is 52.4 Å². The lowest BCUT2D eigenvalue weighted by atomic mass is 9.68. The maximum Gasteiger partial charge on any atom is -0.00881 e. The largest absolute Gasteiger partial charge is 0.0879 e. The number of fused-ring (bicyclic) bond motifs is 1. The molecule has 0 nitrogen and oxygen atoms in total. The van der Waals surface area contributed by atoms with Gasteiger partial charge in [0, 0.05) is 0 Å². The molecule has 0 saturated heterocycles. The van der Waals surface area contributed by atoms with Gasteiger partial charge in [-0.1, -0.05) is 31.4 Å². The molecule has 12 heavy (non-hydrogen) atoms. The fraction of sp³-hybridized carbons (Fsp3) is 0.833. The molecule has 0 N–H and O–H groups in total. The van der Waals surface area contributed by atoms with E-state index in [0.29, 0.717) is 5.41 Å². The fourth-order valence-electron chi connectivity index (χ4n) is 3.38. The van der Waals surface area contributed by atoms with E-state index in [0.717, 1.165) is 5.92 Å². The third-order valence-electron chi connectivity index (χ3n) is 4.24. The van der Waals surface area contributed by atoms with Gasteiger partial charge in [0.2, 0.25) is 0 Å². The lowest BCUT2D eigenvalue weighted by Crippen LogP contribution is -2.26. The van der Waals surface area contributed by atoms with Gasteiger partial charge in [-0.25, -0.2) is 0 Å². The van der Waals surface area contributed by atoms with E-state index >= 15 is 0 Å². The van der Waals surface area contributed by atoms with E-state index in [9.17, 15) is 0 Å². The summed E-state index contributed by atoms with van der Waals surface area (Å²) in [5.41, 5.74) is 2.37. The van der Waals surface area contributed by atoms with Gasteiger partial charge in [-0.3, -0.25) is 0 Å². The third kappa shape index (κ3) is 1.04. The molecule has 2 atom stereocenters. The summed E-state index contributed by atoms with van der Waals surface area (Å²) in [4.78, 5) is 0. The lowest BCUT2D eigenvalue weighted by molar-refractivity contribution is 0.188. The van der Waals surface area contributed by atoms with Gasteiger partial charge in [0.05, 0.1) is 0 Å². The van der Waals surface area contributed by atoms with Crippen LogP contribution >= 0.6 is 0 Å². The standard InChI is InChI=1S/C12H20/c1-3-10-7-8-11-6-4-5-9-12(10,11)2/h3,11H,4-9H2,1-2H3/b10-3+. The summed E-state index contributed by atoms with van der Waals surface area (Å²) >= 11 is 0. The summed E-state index contributed by atoms with van der Waals surface area (Å²) in [6.07, 6.45) is 11.1. The highest BCUT2D eigenvalue weighted by molar-refractivity contribution is 5.20. The number of hydrogen-bond acceptors (Lipinski definition) is 0. The van der Waals surface area contributed by atoms with Crippen LogP contribution < -0.4 is 0 Å². The molecule has 0 heterocycles. The van der Waals surface area contributed by atoms with Crippen LogP contribution in [0.25, 0.3) is 0 Å². The second-order valence-electron chi connectivity index (χ2n) is 4.71. The van der Waals surface area contributed by atoms with Gasteiger partial charge < -0.3 is 0 Å². The van der Waals surface area contributed by atoms with Crippen molar-refractivity contribution in [1.29, 1.82) is 0 Å². The molecule has 2 rings (SSSR count). The summed E-state index contributed by atoms with van der Waals surface area (Å²) in [5.74, 6) is 1.03. The highest BCUT2D eigenvalue weighted by Crippen LogP contribution is 2.54. The second-order valence-corrected chi connectivity index (χ2v) is 4.71. The van der Waals surface area contributed by atoms with E-state index in [4.69, 9.17) is 0 Å². The summed E-state index contributed by atoms with van der Waals surface area (Å²) < 4.78 is 0. The highest BCUT2D eigenvalue weighted by atomic mass is 14.5. The molecule has 0 amide bonds. The van der Waals surface area contributed by atoms with Crippen LogP contribution in [-0.2, 0) is 0 Å². The first kappa shape index (κ1) is 8.34. The smallest absolute Gasteiger partial charge is 0.00881 e. The number of allylic oxidation sites excluding steroid dienone is 2. The van der Waals surface area contributed by atoms with Gasteiger partial charge in [0.1, 0.15) is 0 Å². The lowest BCUT2D eigenvalue weighted by Gasteiger charge is -2.37. The average Bonchev–Trinajstić information content (AvgIpc) is 2.41. The number of rotatable bonds is 0. The van der Waals surface area contributed by atoms with E-state index in [-0.39, 0.29) is 0 Å². The van der Waals surface area contributed by atoms with Crippen LogP contribution in [0.4, 0.5) is 0 Å². The van der Waals surface area contributed by atoms with Gasteiger partial charge in [0.15, 0.2) is 0 Å². The topological polar surface area (TPSA) is 0 Å². The van der Waals surface area contributed by atoms with Gasteiger partial charge in [-0.15, -0.1) is 0 Å². The van der Waals surface area contributed by atoms with Gasteiger partial charge >= 0.3 is 0 Å². The molecule has 0 radical (unpaired) electrons. The van der Waals surface area contributed by atoms with Gasteiger partial charge in [0.25, 0.3) is 0 Å². The van der Waals surface area contributed by atoms with E-state index in [1.165, 1.54) is 38.5 Å². The van der Waals surface area contributed by atoms with Gasteiger partial charge in [-0.05, 0) is 43.9 Å². The Balaban J connectivity index is 2.25. The Morgan fingerprint density at radius 3 is 2.92 bits per heavy atom. The minimum atomic E-state index is 0.618. The van der Waals surface area contributed by atoms with Crippen LogP contribution in [0.15, 0.2) is 11.6 Å². The Bertz CT molecular complexity index is 202. The minimum absolute atomic E-state index is 0.618. The summed E-state index contributed by atoms with van der Waals surface area (Å²) in [7, 11) is 0. The molecule has 0 aromatic rings. The SMILES string of the molecule is C/C=C1\CCC2CCCCC12C. The first-order valence-corrected chi connectivity index (χ1v) is 5.43. The second kappa shape index (κ2) is 2.90. The zero-order valence-corrected chi connectivity index (χ0v) is 8.40. The van der Waals surface area contributed by atoms with Crippen molar-refractivity contribution >= 4 is 0 Å². The van der Waals surface area contributed by atoms with Crippen LogP contribution in [0.2, 0.25) is 0 Å². The first-order valence-electron chi connectivity index (χ1n) is 5.43. The molecule has 0 aromatic heterocycles. The summed E-state index contributed by atoms with van der Waals surface area (Å²) in [6.45, 7) is 4.72. The Labute approximate surface area is 76.1 Å². The average molecular weight is 164 g/mol. The predicted molar refractivity (Wildman–Crippen MR) is 53.1 cm³/mol. The molecule has 2 aliphatic carbocycles.